The van der Waals surface area contributed by atoms with Gasteiger partial charge in [0, 0.05) is 11.8 Å². The fraction of sp³-hybridized carbons (Fsp3) is 0.231. The lowest BCUT2D eigenvalue weighted by molar-refractivity contribution is 0.391. The predicted molar refractivity (Wildman–Crippen MR) is 77.4 cm³/mol. The molecule has 0 fully saturated rings. The minimum Gasteiger partial charge on any atom is -0.360 e. The number of para-hydroxylation sites is 1. The summed E-state index contributed by atoms with van der Waals surface area (Å²) in [5.41, 5.74) is 3.32. The number of fused-ring (bicyclic) bond motifs is 1. The highest BCUT2D eigenvalue weighted by molar-refractivity contribution is 8.38. The normalized spacial score (nSPS) is 14.2. The van der Waals surface area contributed by atoms with E-state index in [9.17, 15) is 0 Å². The quantitative estimate of drug-likeness (QED) is 0.826. The number of nitrogens with zero attached hydrogens (tertiary/aromatic N) is 2. The number of aryl methyl sites for hydroxylation is 1. The lowest BCUT2D eigenvalue weighted by Crippen LogP contribution is -1.95. The van der Waals surface area contributed by atoms with Crippen LogP contribution in [-0.4, -0.2) is 9.53 Å². The summed E-state index contributed by atoms with van der Waals surface area (Å²) in [6, 6.07) is 10.3. The van der Waals surface area contributed by atoms with Gasteiger partial charge in [0.15, 0.2) is 0 Å². The van der Waals surface area contributed by atoms with Gasteiger partial charge in [-0.25, -0.2) is 4.99 Å². The topological polar surface area (TPSA) is 38.4 Å². The van der Waals surface area contributed by atoms with Crippen LogP contribution in [0.4, 0.5) is 5.69 Å². The van der Waals surface area contributed by atoms with E-state index in [-0.39, 0.29) is 0 Å². The molecule has 0 radical (unpaired) electrons. The van der Waals surface area contributed by atoms with Crippen molar-refractivity contribution >= 4 is 33.6 Å². The van der Waals surface area contributed by atoms with Gasteiger partial charge in [0.2, 0.25) is 0 Å². The Morgan fingerprint density at radius 3 is 3.11 bits per heavy atom. The molecule has 2 heterocycles. The second kappa shape index (κ2) is 5.20. The molecule has 0 saturated carbocycles. The molecule has 3 nitrogen and oxygen atoms in total. The summed E-state index contributed by atoms with van der Waals surface area (Å²) in [6.45, 7) is 1.93. The Morgan fingerprint density at radius 2 is 2.28 bits per heavy atom. The van der Waals surface area contributed by atoms with Crippen molar-refractivity contribution in [1.29, 1.82) is 0 Å². The standard InChI is InChI=1S/C13H12N2OS2/c1-9-6-11(16-15-9)8-18-13-14-12-5-3-2-4-10(12)7-17-13/h2-6H,7-8H2,1H3. The number of hydrogen-bond donors (Lipinski definition) is 0. The third-order valence-corrected chi connectivity index (χ3v) is 4.84. The zero-order valence-electron chi connectivity index (χ0n) is 9.92. The number of thioether (sulfide) groups is 2. The smallest absolute Gasteiger partial charge is 0.147 e. The van der Waals surface area contributed by atoms with Crippen LogP contribution in [0, 0.1) is 6.92 Å². The van der Waals surface area contributed by atoms with E-state index in [1.807, 2.05) is 19.1 Å². The largest absolute Gasteiger partial charge is 0.360 e. The highest BCUT2D eigenvalue weighted by atomic mass is 32.2. The number of aromatic nitrogens is 1. The van der Waals surface area contributed by atoms with Crippen LogP contribution in [0.25, 0.3) is 0 Å². The molecule has 0 unspecified atom stereocenters. The van der Waals surface area contributed by atoms with Gasteiger partial charge in [-0.1, -0.05) is 46.9 Å². The van der Waals surface area contributed by atoms with Gasteiger partial charge in [0.25, 0.3) is 0 Å². The van der Waals surface area contributed by atoms with Crippen LogP contribution in [0.1, 0.15) is 17.0 Å². The SMILES string of the molecule is Cc1cc(CSC2=Nc3ccccc3CS2)on1. The molecule has 0 aliphatic carbocycles. The molecule has 0 atom stereocenters. The fourth-order valence-electron chi connectivity index (χ4n) is 1.70. The maximum atomic E-state index is 5.19. The van der Waals surface area contributed by atoms with Gasteiger partial charge in [-0.2, -0.15) is 0 Å². The average Bonchev–Trinajstić information content (AvgIpc) is 2.82. The monoisotopic (exact) mass is 276 g/mol. The van der Waals surface area contributed by atoms with Gasteiger partial charge in [0.05, 0.1) is 17.1 Å². The molecule has 92 valence electrons. The molecule has 0 spiro atoms. The van der Waals surface area contributed by atoms with E-state index in [0.29, 0.717) is 0 Å². The summed E-state index contributed by atoms with van der Waals surface area (Å²) in [4.78, 5) is 4.65. The molecular weight excluding hydrogens is 264 g/mol. The molecule has 0 amide bonds. The molecule has 1 aliphatic heterocycles. The van der Waals surface area contributed by atoms with Crippen molar-refractivity contribution in [3.05, 3.63) is 47.3 Å². The third kappa shape index (κ3) is 2.62. The predicted octanol–water partition coefficient (Wildman–Crippen LogP) is 4.15. The van der Waals surface area contributed by atoms with E-state index in [1.54, 1.807) is 23.5 Å². The Bertz CT molecular complexity index is 592. The summed E-state index contributed by atoms with van der Waals surface area (Å²) < 4.78 is 6.29. The number of rotatable bonds is 2. The second-order valence-electron chi connectivity index (χ2n) is 4.02. The molecule has 0 bridgehead atoms. The highest BCUT2D eigenvalue weighted by Crippen LogP contribution is 2.35. The van der Waals surface area contributed by atoms with E-state index in [1.165, 1.54) is 5.56 Å². The first kappa shape index (κ1) is 11.9. The van der Waals surface area contributed by atoms with E-state index < -0.39 is 0 Å². The summed E-state index contributed by atoms with van der Waals surface area (Å²) in [7, 11) is 0. The highest BCUT2D eigenvalue weighted by Gasteiger charge is 2.13. The molecule has 0 saturated heterocycles. The van der Waals surface area contributed by atoms with Crippen molar-refractivity contribution in [3.8, 4) is 0 Å². The van der Waals surface area contributed by atoms with Crippen LogP contribution in [0.5, 0.6) is 0 Å². The van der Waals surface area contributed by atoms with E-state index in [0.717, 1.165) is 33.0 Å². The maximum Gasteiger partial charge on any atom is 0.147 e. The van der Waals surface area contributed by atoms with Gasteiger partial charge in [0.1, 0.15) is 10.1 Å². The summed E-state index contributed by atoms with van der Waals surface area (Å²) in [5, 5.41) is 3.88. The molecule has 1 aromatic carbocycles. The molecule has 1 aromatic heterocycles. The lowest BCUT2D eigenvalue weighted by atomic mass is 10.2. The fourth-order valence-corrected chi connectivity index (χ4v) is 3.64. The molecule has 2 aromatic rings. The molecule has 0 N–H and O–H groups in total. The van der Waals surface area contributed by atoms with E-state index in [2.05, 4.69) is 28.3 Å². The first-order chi connectivity index (χ1) is 8.81. The van der Waals surface area contributed by atoms with Crippen molar-refractivity contribution in [2.45, 2.75) is 18.4 Å². The van der Waals surface area contributed by atoms with Gasteiger partial charge in [-0.05, 0) is 18.6 Å². The van der Waals surface area contributed by atoms with Crippen molar-refractivity contribution in [1.82, 2.24) is 5.16 Å². The maximum absolute atomic E-state index is 5.19. The zero-order chi connectivity index (χ0) is 12.4. The first-order valence-electron chi connectivity index (χ1n) is 5.65. The summed E-state index contributed by atoms with van der Waals surface area (Å²) >= 11 is 3.49. The molecule has 3 rings (SSSR count). The van der Waals surface area contributed by atoms with Gasteiger partial charge >= 0.3 is 0 Å². The van der Waals surface area contributed by atoms with E-state index >= 15 is 0 Å². The average molecular weight is 276 g/mol. The van der Waals surface area contributed by atoms with Crippen LogP contribution in [0.15, 0.2) is 39.8 Å². The van der Waals surface area contributed by atoms with Crippen LogP contribution < -0.4 is 0 Å². The Morgan fingerprint density at radius 1 is 1.39 bits per heavy atom. The Labute approximate surface area is 114 Å². The van der Waals surface area contributed by atoms with Crippen LogP contribution in [0.3, 0.4) is 0 Å². The minimum atomic E-state index is 0.787. The van der Waals surface area contributed by atoms with Crippen LogP contribution >= 0.6 is 23.5 Å². The third-order valence-electron chi connectivity index (χ3n) is 2.57. The Kier molecular flexibility index (Phi) is 3.43. The van der Waals surface area contributed by atoms with Gasteiger partial charge < -0.3 is 4.52 Å². The van der Waals surface area contributed by atoms with Crippen molar-refractivity contribution in [2.75, 3.05) is 0 Å². The number of hydrogen-bond acceptors (Lipinski definition) is 5. The molecule has 1 aliphatic rings. The molecule has 5 heteroatoms. The number of benzene rings is 1. The minimum absolute atomic E-state index is 0.787. The summed E-state index contributed by atoms with van der Waals surface area (Å²) in [6.07, 6.45) is 0. The number of aliphatic imine (C=N–C) groups is 1. The van der Waals surface area contributed by atoms with Crippen molar-refractivity contribution in [2.24, 2.45) is 4.99 Å². The Balaban J connectivity index is 1.70. The first-order valence-corrected chi connectivity index (χ1v) is 7.63. The van der Waals surface area contributed by atoms with Gasteiger partial charge in [-0.3, -0.25) is 0 Å². The van der Waals surface area contributed by atoms with Crippen molar-refractivity contribution < 1.29 is 4.52 Å². The van der Waals surface area contributed by atoms with Crippen molar-refractivity contribution in [3.63, 3.8) is 0 Å². The summed E-state index contributed by atoms with van der Waals surface area (Å²) in [5.74, 6) is 2.69. The van der Waals surface area contributed by atoms with Crippen LogP contribution in [-0.2, 0) is 11.5 Å². The van der Waals surface area contributed by atoms with Gasteiger partial charge in [-0.15, -0.1) is 0 Å². The van der Waals surface area contributed by atoms with Crippen LogP contribution in [0.2, 0.25) is 0 Å². The Hall–Kier alpha value is -1.20. The molecular formula is C13H12N2OS2. The second-order valence-corrected chi connectivity index (χ2v) is 6.20. The van der Waals surface area contributed by atoms with E-state index in [4.69, 9.17) is 4.52 Å². The lowest BCUT2D eigenvalue weighted by Gasteiger charge is -2.13. The molecule has 18 heavy (non-hydrogen) atoms. The zero-order valence-corrected chi connectivity index (χ0v) is 11.6.